The normalized spacial score (nSPS) is 19.4. The Morgan fingerprint density at radius 1 is 1.00 bits per heavy atom. The Morgan fingerprint density at radius 2 is 1.73 bits per heavy atom. The maximum Gasteiger partial charge on any atom is 0.225 e. The van der Waals surface area contributed by atoms with Crippen LogP contribution in [0.2, 0.25) is 0 Å². The predicted molar refractivity (Wildman–Crippen MR) is 127 cm³/mol. The van der Waals surface area contributed by atoms with Crippen molar-refractivity contribution in [3.63, 3.8) is 0 Å². The highest BCUT2D eigenvalue weighted by Crippen LogP contribution is 2.35. The second kappa shape index (κ2) is 9.15. The van der Waals surface area contributed by atoms with Gasteiger partial charge in [-0.2, -0.15) is 4.98 Å². The van der Waals surface area contributed by atoms with Crippen molar-refractivity contribution >= 4 is 28.7 Å². The van der Waals surface area contributed by atoms with Crippen molar-refractivity contribution in [3.05, 3.63) is 72.2 Å². The van der Waals surface area contributed by atoms with Crippen LogP contribution in [0, 0.1) is 5.82 Å². The number of aromatic nitrogens is 4. The maximum absolute atomic E-state index is 14.4. The molecular weight excluding hydrogens is 419 g/mol. The van der Waals surface area contributed by atoms with Crippen molar-refractivity contribution in [2.75, 3.05) is 10.6 Å². The van der Waals surface area contributed by atoms with Gasteiger partial charge in [0.1, 0.15) is 11.3 Å². The minimum Gasteiger partial charge on any atom is -0.393 e. The van der Waals surface area contributed by atoms with E-state index in [2.05, 4.69) is 34.7 Å². The Labute approximate surface area is 191 Å². The van der Waals surface area contributed by atoms with Gasteiger partial charge in [-0.05, 0) is 50.3 Å². The Kier molecular flexibility index (Phi) is 5.92. The topological polar surface area (TPSA) is 87.9 Å². The quantitative estimate of drug-likeness (QED) is 0.370. The molecule has 1 atom stereocenters. The monoisotopic (exact) mass is 446 g/mol. The van der Waals surface area contributed by atoms with Crippen LogP contribution in [0.25, 0.3) is 11.2 Å². The lowest BCUT2D eigenvalue weighted by atomic mass is 9.93. The van der Waals surface area contributed by atoms with Gasteiger partial charge in [-0.3, -0.25) is 4.57 Å². The molecule has 1 saturated carbocycles. The van der Waals surface area contributed by atoms with E-state index in [1.54, 1.807) is 24.4 Å². The molecule has 0 aliphatic heterocycles. The van der Waals surface area contributed by atoms with Crippen molar-refractivity contribution in [2.24, 2.45) is 0 Å². The number of aliphatic hydroxyl groups excluding tert-OH is 1. The van der Waals surface area contributed by atoms with Crippen molar-refractivity contribution in [1.82, 2.24) is 19.5 Å². The van der Waals surface area contributed by atoms with Crippen LogP contribution in [-0.2, 0) is 0 Å². The summed E-state index contributed by atoms with van der Waals surface area (Å²) in [5, 5.41) is 16.5. The van der Waals surface area contributed by atoms with E-state index in [0.717, 1.165) is 18.4 Å². The highest BCUT2D eigenvalue weighted by atomic mass is 19.1. The van der Waals surface area contributed by atoms with Crippen molar-refractivity contribution < 1.29 is 9.50 Å². The fraction of sp³-hybridized carbons (Fsp3) is 0.320. The molecule has 0 spiro atoms. The zero-order valence-corrected chi connectivity index (χ0v) is 18.4. The molecule has 7 nitrogen and oxygen atoms in total. The molecule has 8 heteroatoms. The summed E-state index contributed by atoms with van der Waals surface area (Å²) in [7, 11) is 0. The highest BCUT2D eigenvalue weighted by Gasteiger charge is 2.26. The lowest BCUT2D eigenvalue weighted by Gasteiger charge is -2.28. The SMILES string of the molecule is CC(Nc1ncc2nc(Nc3ccccc3F)n(C3CCC(O)CC3)c2n1)c1ccccc1. The lowest BCUT2D eigenvalue weighted by Crippen LogP contribution is -2.22. The molecular formula is C25H27FN6O. The summed E-state index contributed by atoms with van der Waals surface area (Å²) in [5.74, 6) is 0.688. The number of aliphatic hydroxyl groups is 1. The molecule has 4 aromatic rings. The summed E-state index contributed by atoms with van der Waals surface area (Å²) in [6, 6.07) is 16.8. The zero-order valence-electron chi connectivity index (χ0n) is 18.4. The fourth-order valence-corrected chi connectivity index (χ4v) is 4.41. The standard InChI is InChI=1S/C25H27FN6O/c1-16(17-7-3-2-4-8-17)28-24-27-15-22-23(31-24)32(18-11-13-19(33)14-12-18)25(30-22)29-21-10-6-5-9-20(21)26/h2-10,15-16,18-19,33H,11-14H2,1H3,(H,29,30)(H,27,28,31). The number of fused-ring (bicyclic) bond motifs is 1. The average Bonchev–Trinajstić information content (AvgIpc) is 3.19. The summed E-state index contributed by atoms with van der Waals surface area (Å²) in [6.07, 6.45) is 4.44. The molecule has 170 valence electrons. The molecule has 0 radical (unpaired) electrons. The van der Waals surface area contributed by atoms with Gasteiger partial charge in [-0.15, -0.1) is 0 Å². The molecule has 0 saturated heterocycles. The third-order valence-corrected chi connectivity index (χ3v) is 6.23. The summed E-state index contributed by atoms with van der Waals surface area (Å²) in [6.45, 7) is 2.06. The van der Waals surface area contributed by atoms with Gasteiger partial charge in [0.05, 0.1) is 24.0 Å². The Balaban J connectivity index is 1.52. The molecule has 3 N–H and O–H groups in total. The second-order valence-electron chi connectivity index (χ2n) is 8.55. The van der Waals surface area contributed by atoms with Gasteiger partial charge in [0.15, 0.2) is 5.65 Å². The third-order valence-electron chi connectivity index (χ3n) is 6.23. The smallest absolute Gasteiger partial charge is 0.225 e. The van der Waals surface area contributed by atoms with E-state index in [9.17, 15) is 9.50 Å². The van der Waals surface area contributed by atoms with Crippen LogP contribution in [0.5, 0.6) is 0 Å². The summed E-state index contributed by atoms with van der Waals surface area (Å²) < 4.78 is 16.4. The minimum absolute atomic E-state index is 0.0286. The van der Waals surface area contributed by atoms with E-state index in [1.165, 1.54) is 6.07 Å². The van der Waals surface area contributed by atoms with Crippen LogP contribution in [0.15, 0.2) is 60.8 Å². The van der Waals surface area contributed by atoms with Crippen molar-refractivity contribution in [2.45, 2.75) is 50.8 Å². The summed E-state index contributed by atoms with van der Waals surface area (Å²) in [5.41, 5.74) is 2.82. The number of nitrogens with zero attached hydrogens (tertiary/aromatic N) is 4. The minimum atomic E-state index is -0.347. The first-order chi connectivity index (χ1) is 16.1. The van der Waals surface area contributed by atoms with Gasteiger partial charge in [0, 0.05) is 6.04 Å². The van der Waals surface area contributed by atoms with Gasteiger partial charge in [0.25, 0.3) is 0 Å². The number of rotatable bonds is 6. The zero-order chi connectivity index (χ0) is 22.8. The number of hydrogen-bond donors (Lipinski definition) is 3. The number of para-hydroxylation sites is 1. The van der Waals surface area contributed by atoms with Gasteiger partial charge in [-0.25, -0.2) is 14.4 Å². The molecule has 0 bridgehead atoms. The van der Waals surface area contributed by atoms with E-state index in [-0.39, 0.29) is 24.0 Å². The Bertz CT molecular complexity index is 1240. The second-order valence-corrected chi connectivity index (χ2v) is 8.55. The number of anilines is 3. The number of nitrogens with one attached hydrogen (secondary N) is 2. The molecule has 2 heterocycles. The van der Waals surface area contributed by atoms with Gasteiger partial charge < -0.3 is 15.7 Å². The third kappa shape index (κ3) is 4.52. The predicted octanol–water partition coefficient (Wildman–Crippen LogP) is 5.36. The number of halogens is 1. The van der Waals surface area contributed by atoms with Crippen molar-refractivity contribution in [1.29, 1.82) is 0 Å². The van der Waals surface area contributed by atoms with E-state index in [1.807, 2.05) is 22.8 Å². The first kappa shape index (κ1) is 21.3. The van der Waals surface area contributed by atoms with Gasteiger partial charge in [-0.1, -0.05) is 42.5 Å². The van der Waals surface area contributed by atoms with E-state index >= 15 is 0 Å². The number of hydrogen-bond acceptors (Lipinski definition) is 6. The average molecular weight is 447 g/mol. The van der Waals surface area contributed by atoms with Crippen LogP contribution in [-0.4, -0.2) is 30.7 Å². The number of benzene rings is 2. The largest absolute Gasteiger partial charge is 0.393 e. The lowest BCUT2D eigenvalue weighted by molar-refractivity contribution is 0.112. The first-order valence-corrected chi connectivity index (χ1v) is 11.3. The van der Waals surface area contributed by atoms with Crippen LogP contribution in [0.3, 0.4) is 0 Å². The van der Waals surface area contributed by atoms with E-state index in [4.69, 9.17) is 9.97 Å². The number of imidazole rings is 1. The van der Waals surface area contributed by atoms with Gasteiger partial charge in [0.2, 0.25) is 11.9 Å². The van der Waals surface area contributed by atoms with E-state index in [0.29, 0.717) is 41.6 Å². The Morgan fingerprint density at radius 3 is 2.48 bits per heavy atom. The van der Waals surface area contributed by atoms with Crippen LogP contribution in [0.1, 0.15) is 50.3 Å². The molecule has 1 unspecified atom stereocenters. The summed E-state index contributed by atoms with van der Waals surface area (Å²) >= 11 is 0. The molecule has 33 heavy (non-hydrogen) atoms. The molecule has 2 aromatic carbocycles. The highest BCUT2D eigenvalue weighted by molar-refractivity contribution is 5.76. The van der Waals surface area contributed by atoms with Crippen LogP contribution >= 0.6 is 0 Å². The molecule has 1 aliphatic carbocycles. The fourth-order valence-electron chi connectivity index (χ4n) is 4.41. The van der Waals surface area contributed by atoms with Crippen LogP contribution < -0.4 is 10.6 Å². The summed E-state index contributed by atoms with van der Waals surface area (Å²) in [4.78, 5) is 14.0. The molecule has 1 fully saturated rings. The Hall–Kier alpha value is -3.52. The van der Waals surface area contributed by atoms with Gasteiger partial charge >= 0.3 is 0 Å². The molecule has 1 aliphatic rings. The van der Waals surface area contributed by atoms with Crippen LogP contribution in [0.4, 0.5) is 22.0 Å². The van der Waals surface area contributed by atoms with E-state index < -0.39 is 0 Å². The maximum atomic E-state index is 14.4. The molecule has 0 amide bonds. The van der Waals surface area contributed by atoms with Crippen molar-refractivity contribution in [3.8, 4) is 0 Å². The molecule has 5 rings (SSSR count). The first-order valence-electron chi connectivity index (χ1n) is 11.3. The molecule has 2 aromatic heterocycles.